The van der Waals surface area contributed by atoms with Gasteiger partial charge >= 0.3 is 0 Å². The van der Waals surface area contributed by atoms with Crippen LogP contribution in [-0.4, -0.2) is 45.9 Å². The van der Waals surface area contributed by atoms with Crippen LogP contribution in [0.5, 0.6) is 0 Å². The van der Waals surface area contributed by atoms with Crippen molar-refractivity contribution in [3.63, 3.8) is 0 Å². The maximum atomic E-state index is 8.91. The van der Waals surface area contributed by atoms with Gasteiger partial charge in [-0.25, -0.2) is 0 Å². The summed E-state index contributed by atoms with van der Waals surface area (Å²) in [6.07, 6.45) is 4.92. The normalized spacial score (nSPS) is 17.4. The highest BCUT2D eigenvalue weighted by molar-refractivity contribution is 8.06. The molecule has 0 bridgehead atoms. The van der Waals surface area contributed by atoms with Crippen LogP contribution in [0.15, 0.2) is 0 Å². The van der Waals surface area contributed by atoms with Crippen molar-refractivity contribution in [2.24, 2.45) is 0 Å². The Morgan fingerprint density at radius 2 is 1.56 bits per heavy atom. The number of aliphatic hydroxyl groups excluding tert-OH is 2. The summed E-state index contributed by atoms with van der Waals surface area (Å²) in [6.45, 7) is 2.06. The highest BCUT2D eigenvalue weighted by atomic mass is 32.2. The second-order valence-electron chi connectivity index (χ2n) is 3.91. The Hall–Kier alpha value is 0.620. The van der Waals surface area contributed by atoms with E-state index in [9.17, 15) is 0 Å². The van der Waals surface area contributed by atoms with Crippen LogP contribution in [0.4, 0.5) is 0 Å². The molecule has 1 saturated heterocycles. The molecule has 0 aromatic rings. The molecule has 0 aliphatic carbocycles. The van der Waals surface area contributed by atoms with Crippen LogP contribution in [0.3, 0.4) is 0 Å². The van der Waals surface area contributed by atoms with Crippen molar-refractivity contribution in [2.45, 2.75) is 45.1 Å². The smallest absolute Gasteiger partial charge is 0.0770 e. The molecule has 2 N–H and O–H groups in total. The number of hydrogen-bond donors (Lipinski definition) is 2. The molecular weight excluding hydrogens is 240 g/mol. The minimum atomic E-state index is -0.489. The average molecular weight is 266 g/mol. The number of unbranched alkanes of at least 4 members (excludes halogenated alkanes) is 3. The standard InChI is InChI=1S/C8H18O2.C4H8S2/c1-2-3-4-5-6-8(10)7-9;1-2-6-4-3-5-1/h8-10H,2-7H2,1H3;1-4H2. The van der Waals surface area contributed by atoms with Gasteiger partial charge in [0.25, 0.3) is 0 Å². The summed E-state index contributed by atoms with van der Waals surface area (Å²) in [5.41, 5.74) is 0. The van der Waals surface area contributed by atoms with E-state index in [1.807, 2.05) is 0 Å². The fraction of sp³-hybridized carbons (Fsp3) is 1.00. The summed E-state index contributed by atoms with van der Waals surface area (Å²) in [5.74, 6) is 5.52. The molecule has 0 aromatic heterocycles. The minimum absolute atomic E-state index is 0.0911. The van der Waals surface area contributed by atoms with E-state index in [0.29, 0.717) is 0 Å². The Morgan fingerprint density at radius 3 is 1.94 bits per heavy atom. The lowest BCUT2D eigenvalue weighted by atomic mass is 10.1. The third-order valence-corrected chi connectivity index (χ3v) is 4.83. The number of rotatable bonds is 6. The van der Waals surface area contributed by atoms with E-state index < -0.39 is 6.10 Å². The molecular formula is C12H26O2S2. The van der Waals surface area contributed by atoms with Crippen molar-refractivity contribution in [1.82, 2.24) is 0 Å². The molecule has 0 spiro atoms. The van der Waals surface area contributed by atoms with E-state index in [1.54, 1.807) is 0 Å². The number of hydrogen-bond acceptors (Lipinski definition) is 4. The summed E-state index contributed by atoms with van der Waals surface area (Å²) in [4.78, 5) is 0. The zero-order valence-electron chi connectivity index (χ0n) is 10.4. The molecule has 1 unspecified atom stereocenters. The van der Waals surface area contributed by atoms with Gasteiger partial charge in [0.05, 0.1) is 12.7 Å². The predicted molar refractivity (Wildman–Crippen MR) is 76.5 cm³/mol. The van der Waals surface area contributed by atoms with Gasteiger partial charge in [-0.3, -0.25) is 0 Å². The molecule has 16 heavy (non-hydrogen) atoms. The monoisotopic (exact) mass is 266 g/mol. The molecule has 0 radical (unpaired) electrons. The van der Waals surface area contributed by atoms with Crippen LogP contribution < -0.4 is 0 Å². The Morgan fingerprint density at radius 1 is 1.00 bits per heavy atom. The summed E-state index contributed by atoms with van der Waals surface area (Å²) < 4.78 is 0. The molecule has 2 nitrogen and oxygen atoms in total. The SMILES string of the molecule is C1CSCCS1.CCCCCCC(O)CO. The van der Waals surface area contributed by atoms with Gasteiger partial charge in [0.1, 0.15) is 0 Å². The van der Waals surface area contributed by atoms with Gasteiger partial charge in [0.15, 0.2) is 0 Å². The first-order chi connectivity index (χ1) is 7.81. The highest BCUT2D eigenvalue weighted by Crippen LogP contribution is 2.14. The molecule has 0 amide bonds. The second kappa shape index (κ2) is 13.7. The van der Waals surface area contributed by atoms with E-state index >= 15 is 0 Å². The van der Waals surface area contributed by atoms with Crippen molar-refractivity contribution in [1.29, 1.82) is 0 Å². The van der Waals surface area contributed by atoms with Crippen LogP contribution in [0.1, 0.15) is 39.0 Å². The van der Waals surface area contributed by atoms with Crippen LogP contribution in [-0.2, 0) is 0 Å². The molecule has 1 heterocycles. The van der Waals surface area contributed by atoms with E-state index in [0.717, 1.165) is 12.8 Å². The molecule has 1 atom stereocenters. The van der Waals surface area contributed by atoms with Crippen LogP contribution in [0.2, 0.25) is 0 Å². The number of aliphatic hydroxyl groups is 2. The zero-order chi connectivity index (χ0) is 12.1. The lowest BCUT2D eigenvalue weighted by molar-refractivity contribution is 0.0860. The first-order valence-electron chi connectivity index (χ1n) is 6.25. The van der Waals surface area contributed by atoms with Crippen LogP contribution >= 0.6 is 23.5 Å². The fourth-order valence-corrected chi connectivity index (χ4v) is 3.63. The lowest BCUT2D eigenvalue weighted by Gasteiger charge is -2.05. The fourth-order valence-electron chi connectivity index (χ4n) is 1.34. The topological polar surface area (TPSA) is 40.5 Å². The second-order valence-corrected chi connectivity index (χ2v) is 6.36. The van der Waals surface area contributed by atoms with E-state index in [-0.39, 0.29) is 6.61 Å². The maximum absolute atomic E-state index is 8.91. The maximum Gasteiger partial charge on any atom is 0.0770 e. The summed E-state index contributed by atoms with van der Waals surface area (Å²) in [7, 11) is 0. The summed E-state index contributed by atoms with van der Waals surface area (Å²) in [5, 5.41) is 17.3. The largest absolute Gasteiger partial charge is 0.394 e. The van der Waals surface area contributed by atoms with Gasteiger partial charge in [-0.2, -0.15) is 23.5 Å². The highest BCUT2D eigenvalue weighted by Gasteiger charge is 1.99. The Balaban J connectivity index is 0.000000315. The molecule has 1 rings (SSSR count). The van der Waals surface area contributed by atoms with E-state index in [1.165, 1.54) is 42.3 Å². The quantitative estimate of drug-likeness (QED) is 0.725. The third kappa shape index (κ3) is 12.7. The van der Waals surface area contributed by atoms with Gasteiger partial charge in [-0.1, -0.05) is 32.6 Å². The van der Waals surface area contributed by atoms with Crippen molar-refractivity contribution < 1.29 is 10.2 Å². The summed E-state index contributed by atoms with van der Waals surface area (Å²) >= 11 is 4.15. The van der Waals surface area contributed by atoms with E-state index in [2.05, 4.69) is 30.4 Å². The molecule has 1 fully saturated rings. The minimum Gasteiger partial charge on any atom is -0.394 e. The van der Waals surface area contributed by atoms with Crippen LogP contribution in [0, 0.1) is 0 Å². The van der Waals surface area contributed by atoms with Crippen LogP contribution in [0.25, 0.3) is 0 Å². The van der Waals surface area contributed by atoms with Gasteiger partial charge in [-0.05, 0) is 6.42 Å². The van der Waals surface area contributed by atoms with Gasteiger partial charge in [0.2, 0.25) is 0 Å². The predicted octanol–water partition coefficient (Wildman–Crippen LogP) is 2.78. The van der Waals surface area contributed by atoms with E-state index in [4.69, 9.17) is 10.2 Å². The third-order valence-electron chi connectivity index (χ3n) is 2.35. The molecule has 4 heteroatoms. The first-order valence-corrected chi connectivity index (χ1v) is 8.56. The van der Waals surface area contributed by atoms with Crippen molar-refractivity contribution in [3.8, 4) is 0 Å². The Kier molecular flexibility index (Phi) is 14.2. The average Bonchev–Trinajstić information content (AvgIpc) is 2.37. The molecule has 0 saturated carbocycles. The lowest BCUT2D eigenvalue weighted by Crippen LogP contribution is -2.10. The Bertz CT molecular complexity index is 119. The van der Waals surface area contributed by atoms with Crippen molar-refractivity contribution in [3.05, 3.63) is 0 Å². The van der Waals surface area contributed by atoms with Crippen molar-refractivity contribution >= 4 is 23.5 Å². The zero-order valence-corrected chi connectivity index (χ0v) is 12.0. The summed E-state index contributed by atoms with van der Waals surface area (Å²) in [6, 6.07) is 0. The molecule has 1 aliphatic rings. The molecule has 98 valence electrons. The Labute approximate surface area is 109 Å². The van der Waals surface area contributed by atoms with Crippen molar-refractivity contribution in [2.75, 3.05) is 29.6 Å². The first kappa shape index (κ1) is 16.6. The van der Waals surface area contributed by atoms with Gasteiger partial charge in [-0.15, -0.1) is 0 Å². The van der Waals surface area contributed by atoms with Gasteiger partial charge < -0.3 is 10.2 Å². The molecule has 0 aromatic carbocycles. The van der Waals surface area contributed by atoms with Gasteiger partial charge in [0, 0.05) is 23.0 Å². The number of thioether (sulfide) groups is 2. The molecule has 1 aliphatic heterocycles.